The summed E-state index contributed by atoms with van der Waals surface area (Å²) in [6.45, 7) is 6.81. The molecule has 0 bridgehead atoms. The molecule has 1 rings (SSSR count). The van der Waals surface area contributed by atoms with Gasteiger partial charge in [-0.15, -0.1) is 11.3 Å². The van der Waals surface area contributed by atoms with Crippen molar-refractivity contribution in [1.82, 2.24) is 15.6 Å². The molecule has 0 aliphatic carbocycles. The van der Waals surface area contributed by atoms with E-state index in [0.29, 0.717) is 5.69 Å². The lowest BCUT2D eigenvalue weighted by Gasteiger charge is -2.23. The lowest BCUT2D eigenvalue weighted by atomic mass is 10.1. The summed E-state index contributed by atoms with van der Waals surface area (Å²) < 4.78 is 9.91. The second kappa shape index (κ2) is 9.21. The maximum atomic E-state index is 12.3. The number of carbonyl (C=O) groups excluding carboxylic acids is 3. The monoisotopic (exact) mass is 357 g/mol. The van der Waals surface area contributed by atoms with E-state index in [9.17, 15) is 14.4 Å². The highest BCUT2D eigenvalue weighted by molar-refractivity contribution is 7.07. The van der Waals surface area contributed by atoms with Gasteiger partial charge in [0.05, 0.1) is 17.8 Å². The average Bonchev–Trinajstić information content (AvgIpc) is 2.95. The molecule has 0 radical (unpaired) electrons. The molecular formula is C15H23N3O5S. The lowest BCUT2D eigenvalue weighted by molar-refractivity contribution is -0.143. The van der Waals surface area contributed by atoms with Crippen LogP contribution in [0.1, 0.15) is 33.4 Å². The highest BCUT2D eigenvalue weighted by atomic mass is 32.1. The molecule has 0 unspecified atom stereocenters. The average molecular weight is 357 g/mol. The van der Waals surface area contributed by atoms with E-state index in [2.05, 4.69) is 15.6 Å². The molecular weight excluding hydrogens is 334 g/mol. The summed E-state index contributed by atoms with van der Waals surface area (Å²) in [7, 11) is 0. The number of esters is 1. The highest BCUT2D eigenvalue weighted by Gasteiger charge is 2.25. The van der Waals surface area contributed by atoms with E-state index < -0.39 is 29.6 Å². The summed E-state index contributed by atoms with van der Waals surface area (Å²) >= 11 is 1.39. The fraction of sp³-hybridized carbons (Fsp3) is 0.600. The van der Waals surface area contributed by atoms with Crippen LogP contribution in [0.5, 0.6) is 0 Å². The van der Waals surface area contributed by atoms with Gasteiger partial charge in [0.15, 0.2) is 0 Å². The fourth-order valence-corrected chi connectivity index (χ4v) is 2.27. The second-order valence-electron chi connectivity index (χ2n) is 5.91. The highest BCUT2D eigenvalue weighted by Crippen LogP contribution is 2.09. The van der Waals surface area contributed by atoms with E-state index in [0.717, 1.165) is 0 Å². The molecule has 1 aromatic rings. The van der Waals surface area contributed by atoms with Gasteiger partial charge in [-0.3, -0.25) is 9.59 Å². The standard InChI is InChI=1S/C15H23N3O5S/c1-5-22-12(19)7-16-13(20)11(6-10-8-24-9-17-10)18-14(21)23-15(2,3)4/h8-9,11H,5-7H2,1-4H3,(H,16,20)(H,18,21)/t11-/m1/s1. The quantitative estimate of drug-likeness (QED) is 0.712. The number of nitrogens with zero attached hydrogens (tertiary/aromatic N) is 1. The maximum Gasteiger partial charge on any atom is 0.408 e. The van der Waals surface area contributed by atoms with Crippen LogP contribution in [0.25, 0.3) is 0 Å². The third-order valence-electron chi connectivity index (χ3n) is 2.62. The lowest BCUT2D eigenvalue weighted by Crippen LogP contribution is -2.50. The molecule has 2 amide bonds. The minimum atomic E-state index is -0.906. The first-order chi connectivity index (χ1) is 11.2. The molecule has 1 aromatic heterocycles. The minimum Gasteiger partial charge on any atom is -0.465 e. The summed E-state index contributed by atoms with van der Waals surface area (Å²) in [5, 5.41) is 6.73. The molecule has 0 fully saturated rings. The zero-order chi connectivity index (χ0) is 18.2. The summed E-state index contributed by atoms with van der Waals surface area (Å²) in [6.07, 6.45) is -0.522. The van der Waals surface area contributed by atoms with Gasteiger partial charge in [0.1, 0.15) is 18.2 Å². The molecule has 9 heteroatoms. The number of nitrogens with one attached hydrogen (secondary N) is 2. The van der Waals surface area contributed by atoms with Crippen LogP contribution in [0.4, 0.5) is 4.79 Å². The molecule has 1 heterocycles. The zero-order valence-corrected chi connectivity index (χ0v) is 15.1. The molecule has 1 atom stereocenters. The Morgan fingerprint density at radius 3 is 2.58 bits per heavy atom. The summed E-state index contributed by atoms with van der Waals surface area (Å²) in [5.41, 5.74) is 1.61. The Bertz CT molecular complexity index is 554. The Morgan fingerprint density at radius 1 is 1.33 bits per heavy atom. The van der Waals surface area contributed by atoms with Crippen molar-refractivity contribution < 1.29 is 23.9 Å². The van der Waals surface area contributed by atoms with Crippen LogP contribution in [0.2, 0.25) is 0 Å². The van der Waals surface area contributed by atoms with E-state index in [1.54, 1.807) is 38.6 Å². The van der Waals surface area contributed by atoms with E-state index in [-0.39, 0.29) is 19.6 Å². The van der Waals surface area contributed by atoms with Crippen molar-refractivity contribution >= 4 is 29.3 Å². The Morgan fingerprint density at radius 2 is 2.04 bits per heavy atom. The molecule has 0 aromatic carbocycles. The van der Waals surface area contributed by atoms with E-state index in [1.165, 1.54) is 11.3 Å². The number of rotatable bonds is 7. The van der Waals surface area contributed by atoms with Gasteiger partial charge in [-0.1, -0.05) is 0 Å². The zero-order valence-electron chi connectivity index (χ0n) is 14.3. The van der Waals surface area contributed by atoms with Gasteiger partial charge >= 0.3 is 12.1 Å². The smallest absolute Gasteiger partial charge is 0.408 e. The van der Waals surface area contributed by atoms with Crippen LogP contribution in [-0.2, 0) is 25.5 Å². The van der Waals surface area contributed by atoms with Crippen LogP contribution in [0, 0.1) is 0 Å². The third-order valence-corrected chi connectivity index (χ3v) is 3.25. The summed E-state index contributed by atoms with van der Waals surface area (Å²) in [4.78, 5) is 39.6. The number of hydrogen-bond acceptors (Lipinski definition) is 7. The molecule has 2 N–H and O–H groups in total. The van der Waals surface area contributed by atoms with Crippen LogP contribution in [-0.4, -0.2) is 47.7 Å². The number of thiazole rings is 1. The Kier molecular flexibility index (Phi) is 7.63. The van der Waals surface area contributed by atoms with E-state index in [4.69, 9.17) is 9.47 Å². The second-order valence-corrected chi connectivity index (χ2v) is 6.62. The van der Waals surface area contributed by atoms with Gasteiger partial charge in [0.2, 0.25) is 5.91 Å². The Hall–Kier alpha value is -2.16. The van der Waals surface area contributed by atoms with Gasteiger partial charge in [0.25, 0.3) is 0 Å². The first-order valence-electron chi connectivity index (χ1n) is 7.51. The number of amides is 2. The van der Waals surface area contributed by atoms with Crippen molar-refractivity contribution in [3.63, 3.8) is 0 Å². The molecule has 0 saturated heterocycles. The van der Waals surface area contributed by atoms with Crippen LogP contribution in [0.3, 0.4) is 0 Å². The Balaban J connectivity index is 2.68. The van der Waals surface area contributed by atoms with Gasteiger partial charge in [-0.05, 0) is 27.7 Å². The topological polar surface area (TPSA) is 107 Å². The van der Waals surface area contributed by atoms with Gasteiger partial charge < -0.3 is 20.1 Å². The molecule has 0 saturated carbocycles. The van der Waals surface area contributed by atoms with Crippen molar-refractivity contribution in [2.45, 2.75) is 45.8 Å². The summed E-state index contributed by atoms with van der Waals surface area (Å²) in [6, 6.07) is -0.906. The molecule has 0 aliphatic rings. The maximum absolute atomic E-state index is 12.3. The van der Waals surface area contributed by atoms with Crippen LogP contribution >= 0.6 is 11.3 Å². The first-order valence-corrected chi connectivity index (χ1v) is 8.45. The molecule has 0 spiro atoms. The Labute approximate surface area is 144 Å². The number of aromatic nitrogens is 1. The van der Waals surface area contributed by atoms with Gasteiger partial charge in [-0.2, -0.15) is 0 Å². The van der Waals surface area contributed by atoms with Crippen molar-refractivity contribution in [1.29, 1.82) is 0 Å². The van der Waals surface area contributed by atoms with Gasteiger partial charge in [0, 0.05) is 11.8 Å². The molecule has 8 nitrogen and oxygen atoms in total. The number of carbonyl (C=O) groups is 3. The largest absolute Gasteiger partial charge is 0.465 e. The fourth-order valence-electron chi connectivity index (χ4n) is 1.70. The first kappa shape index (κ1) is 19.9. The minimum absolute atomic E-state index is 0.192. The number of ether oxygens (including phenoxy) is 2. The summed E-state index contributed by atoms with van der Waals surface area (Å²) in [5.74, 6) is -1.06. The molecule has 24 heavy (non-hydrogen) atoms. The SMILES string of the molecule is CCOC(=O)CNC(=O)[C@@H](Cc1cscn1)NC(=O)OC(C)(C)C. The van der Waals surface area contributed by atoms with E-state index in [1.807, 2.05) is 0 Å². The van der Waals surface area contributed by atoms with Crippen LogP contribution in [0.15, 0.2) is 10.9 Å². The third kappa shape index (κ3) is 7.91. The van der Waals surface area contributed by atoms with Gasteiger partial charge in [-0.25, -0.2) is 9.78 Å². The number of hydrogen-bond donors (Lipinski definition) is 2. The van der Waals surface area contributed by atoms with Crippen molar-refractivity contribution in [3.8, 4) is 0 Å². The van der Waals surface area contributed by atoms with Crippen LogP contribution < -0.4 is 10.6 Å². The molecule has 0 aliphatic heterocycles. The van der Waals surface area contributed by atoms with Crippen molar-refractivity contribution in [2.75, 3.05) is 13.2 Å². The predicted molar refractivity (Wildman–Crippen MR) is 88.6 cm³/mol. The number of alkyl carbamates (subject to hydrolysis) is 1. The normalized spacial score (nSPS) is 12.2. The van der Waals surface area contributed by atoms with Crippen molar-refractivity contribution in [2.24, 2.45) is 0 Å². The van der Waals surface area contributed by atoms with E-state index >= 15 is 0 Å². The van der Waals surface area contributed by atoms with Crippen molar-refractivity contribution in [3.05, 3.63) is 16.6 Å². The predicted octanol–water partition coefficient (Wildman–Crippen LogP) is 1.26. The molecule has 134 valence electrons.